The van der Waals surface area contributed by atoms with Crippen molar-refractivity contribution in [2.24, 2.45) is 0 Å². The van der Waals surface area contributed by atoms with E-state index in [1.54, 1.807) is 6.26 Å². The maximum atomic E-state index is 5.15. The number of rotatable bonds is 4. The summed E-state index contributed by atoms with van der Waals surface area (Å²) in [5.74, 6) is 0. The molecule has 1 atom stereocenters. The lowest BCUT2D eigenvalue weighted by molar-refractivity contribution is 0.552. The Morgan fingerprint density at radius 1 is 1.10 bits per heavy atom. The Labute approximate surface area is 126 Å². The van der Waals surface area contributed by atoms with Crippen LogP contribution in [0.15, 0.2) is 63.9 Å². The van der Waals surface area contributed by atoms with Gasteiger partial charge in [-0.25, -0.2) is 0 Å². The molecule has 2 nitrogen and oxygen atoms in total. The molecule has 0 aliphatic carbocycles. The van der Waals surface area contributed by atoms with Crippen LogP contribution in [0.5, 0.6) is 0 Å². The van der Waals surface area contributed by atoms with Crippen molar-refractivity contribution >= 4 is 26.7 Å². The standard InChI is InChI=1S/C17H16BrNO/c1-19-17(8-12-6-7-20-11-12)15-3-2-14-10-16(18)5-4-13(14)9-15/h2-7,9-11,17,19H,8H2,1H3. The molecule has 0 aliphatic heterocycles. The predicted molar refractivity (Wildman–Crippen MR) is 85.9 cm³/mol. The van der Waals surface area contributed by atoms with Gasteiger partial charge in [-0.15, -0.1) is 0 Å². The minimum absolute atomic E-state index is 0.292. The quantitative estimate of drug-likeness (QED) is 0.750. The lowest BCUT2D eigenvalue weighted by Crippen LogP contribution is -2.18. The molecule has 1 heterocycles. The SMILES string of the molecule is CNC(Cc1ccoc1)c1ccc2cc(Br)ccc2c1. The van der Waals surface area contributed by atoms with E-state index >= 15 is 0 Å². The van der Waals surface area contributed by atoms with E-state index in [4.69, 9.17) is 4.42 Å². The second-order valence-electron chi connectivity index (χ2n) is 4.93. The molecule has 0 spiro atoms. The Bertz CT molecular complexity index is 706. The molecule has 0 radical (unpaired) electrons. The molecule has 0 aliphatic rings. The number of benzene rings is 2. The Hall–Kier alpha value is -1.58. The van der Waals surface area contributed by atoms with E-state index in [9.17, 15) is 0 Å². The monoisotopic (exact) mass is 329 g/mol. The van der Waals surface area contributed by atoms with E-state index in [0.717, 1.165) is 10.9 Å². The van der Waals surface area contributed by atoms with Crippen LogP contribution in [0.2, 0.25) is 0 Å². The molecule has 3 heteroatoms. The van der Waals surface area contributed by atoms with Gasteiger partial charge in [0, 0.05) is 10.5 Å². The van der Waals surface area contributed by atoms with Crippen LogP contribution in [-0.2, 0) is 6.42 Å². The number of hydrogen-bond donors (Lipinski definition) is 1. The summed E-state index contributed by atoms with van der Waals surface area (Å²) in [6.07, 6.45) is 4.46. The van der Waals surface area contributed by atoms with Gasteiger partial charge in [-0.2, -0.15) is 0 Å². The van der Waals surface area contributed by atoms with Gasteiger partial charge in [0.2, 0.25) is 0 Å². The summed E-state index contributed by atoms with van der Waals surface area (Å²) in [5, 5.41) is 5.90. The van der Waals surface area contributed by atoms with Crippen molar-refractivity contribution in [2.45, 2.75) is 12.5 Å². The molecule has 1 aromatic heterocycles. The smallest absolute Gasteiger partial charge is 0.0935 e. The first-order valence-corrected chi connectivity index (χ1v) is 7.43. The van der Waals surface area contributed by atoms with Crippen molar-refractivity contribution in [3.05, 3.63) is 70.6 Å². The highest BCUT2D eigenvalue weighted by atomic mass is 79.9. The van der Waals surface area contributed by atoms with Crippen molar-refractivity contribution in [2.75, 3.05) is 7.05 Å². The van der Waals surface area contributed by atoms with E-state index in [1.807, 2.05) is 19.4 Å². The average Bonchev–Trinajstić information content (AvgIpc) is 2.97. The molecule has 0 fully saturated rings. The fraction of sp³-hybridized carbons (Fsp3) is 0.176. The summed E-state index contributed by atoms with van der Waals surface area (Å²) < 4.78 is 6.26. The third-order valence-corrected chi connectivity index (χ3v) is 4.09. The highest BCUT2D eigenvalue weighted by Crippen LogP contribution is 2.25. The molecule has 0 saturated carbocycles. The second-order valence-corrected chi connectivity index (χ2v) is 5.84. The molecule has 102 valence electrons. The Morgan fingerprint density at radius 3 is 2.65 bits per heavy atom. The molecule has 3 rings (SSSR count). The highest BCUT2D eigenvalue weighted by Gasteiger charge is 2.11. The summed E-state index contributed by atoms with van der Waals surface area (Å²) in [4.78, 5) is 0. The van der Waals surface area contributed by atoms with Crippen LogP contribution in [0.4, 0.5) is 0 Å². The minimum atomic E-state index is 0.292. The first-order valence-electron chi connectivity index (χ1n) is 6.64. The topological polar surface area (TPSA) is 25.2 Å². The van der Waals surface area contributed by atoms with Crippen LogP contribution in [0.25, 0.3) is 10.8 Å². The van der Waals surface area contributed by atoms with Crippen LogP contribution in [0.3, 0.4) is 0 Å². The summed E-state index contributed by atoms with van der Waals surface area (Å²) in [6.45, 7) is 0. The van der Waals surface area contributed by atoms with Gasteiger partial charge in [-0.1, -0.05) is 34.1 Å². The van der Waals surface area contributed by atoms with Crippen LogP contribution in [-0.4, -0.2) is 7.05 Å². The van der Waals surface area contributed by atoms with Crippen LogP contribution in [0.1, 0.15) is 17.2 Å². The summed E-state index contributed by atoms with van der Waals surface area (Å²) >= 11 is 3.51. The zero-order valence-corrected chi connectivity index (χ0v) is 12.9. The van der Waals surface area contributed by atoms with Crippen molar-refractivity contribution in [1.82, 2.24) is 5.32 Å². The first-order chi connectivity index (χ1) is 9.76. The van der Waals surface area contributed by atoms with Crippen LogP contribution >= 0.6 is 15.9 Å². The minimum Gasteiger partial charge on any atom is -0.472 e. The summed E-state index contributed by atoms with van der Waals surface area (Å²) in [6, 6.07) is 15.3. The lowest BCUT2D eigenvalue weighted by Gasteiger charge is -2.16. The fourth-order valence-corrected chi connectivity index (χ4v) is 2.86. The van der Waals surface area contributed by atoms with Crippen LogP contribution in [0, 0.1) is 0 Å². The van der Waals surface area contributed by atoms with Crippen molar-refractivity contribution in [1.29, 1.82) is 0 Å². The average molecular weight is 330 g/mol. The zero-order chi connectivity index (χ0) is 13.9. The van der Waals surface area contributed by atoms with Crippen molar-refractivity contribution in [3.63, 3.8) is 0 Å². The lowest BCUT2D eigenvalue weighted by atomic mass is 9.98. The predicted octanol–water partition coefficient (Wildman–Crippen LogP) is 4.70. The first kappa shape index (κ1) is 13.4. The zero-order valence-electron chi connectivity index (χ0n) is 11.3. The third kappa shape index (κ3) is 2.79. The number of nitrogens with one attached hydrogen (secondary N) is 1. The van der Waals surface area contributed by atoms with Crippen LogP contribution < -0.4 is 5.32 Å². The molecule has 0 amide bonds. The maximum Gasteiger partial charge on any atom is 0.0935 e. The summed E-state index contributed by atoms with van der Waals surface area (Å²) in [5.41, 5.74) is 2.50. The Morgan fingerprint density at radius 2 is 1.90 bits per heavy atom. The number of hydrogen-bond acceptors (Lipinski definition) is 2. The van der Waals surface area contributed by atoms with E-state index in [-0.39, 0.29) is 0 Å². The molecular formula is C17H16BrNO. The van der Waals surface area contributed by atoms with E-state index in [0.29, 0.717) is 6.04 Å². The van der Waals surface area contributed by atoms with Gasteiger partial charge >= 0.3 is 0 Å². The molecule has 2 aromatic carbocycles. The van der Waals surface area contributed by atoms with E-state index in [1.165, 1.54) is 21.9 Å². The number of furan rings is 1. The Kier molecular flexibility index (Phi) is 3.90. The number of halogens is 1. The van der Waals surface area contributed by atoms with Gasteiger partial charge in [0.05, 0.1) is 12.5 Å². The van der Waals surface area contributed by atoms with E-state index < -0.39 is 0 Å². The molecule has 20 heavy (non-hydrogen) atoms. The maximum absolute atomic E-state index is 5.15. The van der Waals surface area contributed by atoms with Gasteiger partial charge in [-0.3, -0.25) is 0 Å². The highest BCUT2D eigenvalue weighted by molar-refractivity contribution is 9.10. The van der Waals surface area contributed by atoms with Gasteiger partial charge in [-0.05, 0) is 59.6 Å². The molecule has 0 bridgehead atoms. The Balaban J connectivity index is 1.93. The molecule has 0 saturated heterocycles. The van der Waals surface area contributed by atoms with Gasteiger partial charge < -0.3 is 9.73 Å². The molecule has 1 N–H and O–H groups in total. The van der Waals surface area contributed by atoms with Gasteiger partial charge in [0.1, 0.15) is 0 Å². The molecular weight excluding hydrogens is 314 g/mol. The largest absolute Gasteiger partial charge is 0.472 e. The summed E-state index contributed by atoms with van der Waals surface area (Å²) in [7, 11) is 2.00. The van der Waals surface area contributed by atoms with Gasteiger partial charge in [0.15, 0.2) is 0 Å². The normalized spacial score (nSPS) is 12.7. The fourth-order valence-electron chi connectivity index (χ4n) is 2.48. The second kappa shape index (κ2) is 5.81. The van der Waals surface area contributed by atoms with Gasteiger partial charge in [0.25, 0.3) is 0 Å². The number of fused-ring (bicyclic) bond motifs is 1. The molecule has 1 unspecified atom stereocenters. The third-order valence-electron chi connectivity index (χ3n) is 3.60. The number of likely N-dealkylation sites (N-methyl/N-ethyl adjacent to an activating group) is 1. The van der Waals surface area contributed by atoms with E-state index in [2.05, 4.69) is 57.6 Å². The van der Waals surface area contributed by atoms with Crippen molar-refractivity contribution in [3.8, 4) is 0 Å². The molecule has 3 aromatic rings. The van der Waals surface area contributed by atoms with Crippen molar-refractivity contribution < 1.29 is 4.42 Å².